The first-order valence-electron chi connectivity index (χ1n) is 4.80. The first-order valence-corrected chi connectivity index (χ1v) is 7.03. The van der Waals surface area contributed by atoms with Crippen LogP contribution in [0, 0.1) is 5.82 Å². The zero-order valence-electron chi connectivity index (χ0n) is 9.48. The molecule has 0 aromatic heterocycles. The van der Waals surface area contributed by atoms with Gasteiger partial charge in [0.15, 0.2) is 0 Å². The standard InChI is InChI=1S/C10H13BrFNO3S/c1-13(5-6-16-2)17(14,15)10-4-3-8(12)7-9(10)11/h3-4,7H,5-6H2,1-2H3. The second-order valence-electron chi connectivity index (χ2n) is 3.39. The summed E-state index contributed by atoms with van der Waals surface area (Å²) in [6, 6.07) is 3.47. The number of ether oxygens (including phenoxy) is 1. The summed E-state index contributed by atoms with van der Waals surface area (Å²) in [4.78, 5) is 0.0394. The predicted molar refractivity (Wildman–Crippen MR) is 65.8 cm³/mol. The van der Waals surface area contributed by atoms with Gasteiger partial charge in [0.2, 0.25) is 10.0 Å². The molecule has 0 unspecified atom stereocenters. The first kappa shape index (κ1) is 14.6. The maximum Gasteiger partial charge on any atom is 0.244 e. The smallest absolute Gasteiger partial charge is 0.244 e. The molecule has 0 spiro atoms. The molecule has 0 N–H and O–H groups in total. The Bertz CT molecular complexity index is 492. The van der Waals surface area contributed by atoms with E-state index in [-0.39, 0.29) is 15.9 Å². The second-order valence-corrected chi connectivity index (χ2v) is 6.26. The van der Waals surface area contributed by atoms with Crippen LogP contribution in [0.5, 0.6) is 0 Å². The summed E-state index contributed by atoms with van der Waals surface area (Å²) in [5.74, 6) is -0.490. The zero-order chi connectivity index (χ0) is 13.1. The number of methoxy groups -OCH3 is 1. The highest BCUT2D eigenvalue weighted by atomic mass is 79.9. The van der Waals surface area contributed by atoms with Crippen LogP contribution in [0.3, 0.4) is 0 Å². The molecule has 1 rings (SSSR count). The number of likely N-dealkylation sites (N-methyl/N-ethyl adjacent to an activating group) is 1. The third-order valence-electron chi connectivity index (χ3n) is 2.19. The Morgan fingerprint density at radius 3 is 2.65 bits per heavy atom. The number of rotatable bonds is 5. The molecular formula is C10H13BrFNO3S. The lowest BCUT2D eigenvalue weighted by Gasteiger charge is -2.17. The minimum Gasteiger partial charge on any atom is -0.383 e. The lowest BCUT2D eigenvalue weighted by molar-refractivity contribution is 0.185. The van der Waals surface area contributed by atoms with Gasteiger partial charge >= 0.3 is 0 Å². The topological polar surface area (TPSA) is 46.6 Å². The fraction of sp³-hybridized carbons (Fsp3) is 0.400. The molecule has 1 aromatic carbocycles. The lowest BCUT2D eigenvalue weighted by atomic mass is 10.3. The van der Waals surface area contributed by atoms with Crippen molar-refractivity contribution in [3.8, 4) is 0 Å². The van der Waals surface area contributed by atoms with Crippen LogP contribution in [-0.2, 0) is 14.8 Å². The second kappa shape index (κ2) is 5.90. The Morgan fingerprint density at radius 2 is 2.12 bits per heavy atom. The molecule has 0 radical (unpaired) electrons. The van der Waals surface area contributed by atoms with Crippen LogP contribution in [0.2, 0.25) is 0 Å². The van der Waals surface area contributed by atoms with Gasteiger partial charge in [0, 0.05) is 25.2 Å². The van der Waals surface area contributed by atoms with Crippen LogP contribution in [0.15, 0.2) is 27.6 Å². The molecule has 0 aliphatic heterocycles. The highest BCUT2D eigenvalue weighted by Gasteiger charge is 2.23. The molecule has 0 heterocycles. The van der Waals surface area contributed by atoms with Gasteiger partial charge in [0.25, 0.3) is 0 Å². The number of hydrogen-bond donors (Lipinski definition) is 0. The van der Waals surface area contributed by atoms with E-state index in [2.05, 4.69) is 15.9 Å². The molecule has 4 nitrogen and oxygen atoms in total. The van der Waals surface area contributed by atoms with Crippen molar-refractivity contribution in [1.82, 2.24) is 4.31 Å². The average molecular weight is 326 g/mol. The van der Waals surface area contributed by atoms with E-state index >= 15 is 0 Å². The average Bonchev–Trinajstić information content (AvgIpc) is 2.25. The van der Waals surface area contributed by atoms with Crippen LogP contribution in [0.4, 0.5) is 4.39 Å². The number of hydrogen-bond acceptors (Lipinski definition) is 3. The van der Waals surface area contributed by atoms with Crippen molar-refractivity contribution in [2.75, 3.05) is 27.3 Å². The third kappa shape index (κ3) is 3.48. The predicted octanol–water partition coefficient (Wildman–Crippen LogP) is 1.86. The van der Waals surface area contributed by atoms with E-state index in [4.69, 9.17) is 4.74 Å². The SMILES string of the molecule is COCCN(C)S(=O)(=O)c1ccc(F)cc1Br. The Kier molecular flexibility index (Phi) is 5.05. The molecule has 0 saturated heterocycles. The Labute approximate surface area is 109 Å². The molecule has 0 bridgehead atoms. The van der Waals surface area contributed by atoms with E-state index in [0.717, 1.165) is 16.4 Å². The summed E-state index contributed by atoms with van der Waals surface area (Å²) < 4.78 is 43.2. The number of sulfonamides is 1. The zero-order valence-corrected chi connectivity index (χ0v) is 11.9. The minimum absolute atomic E-state index is 0.0394. The molecule has 0 aliphatic carbocycles. The van der Waals surface area contributed by atoms with Crippen molar-refractivity contribution in [2.24, 2.45) is 0 Å². The minimum atomic E-state index is -3.62. The summed E-state index contributed by atoms with van der Waals surface area (Å²) in [5, 5.41) is 0. The van der Waals surface area contributed by atoms with Gasteiger partial charge in [-0.05, 0) is 34.1 Å². The van der Waals surface area contributed by atoms with Crippen LogP contribution in [0.25, 0.3) is 0 Å². The van der Waals surface area contributed by atoms with Gasteiger partial charge in [-0.15, -0.1) is 0 Å². The molecule has 0 atom stereocenters. The Balaban J connectivity index is 3.04. The third-order valence-corrected chi connectivity index (χ3v) is 5.03. The maximum absolute atomic E-state index is 12.9. The van der Waals surface area contributed by atoms with Gasteiger partial charge in [0.1, 0.15) is 5.82 Å². The summed E-state index contributed by atoms with van der Waals surface area (Å²) >= 11 is 3.04. The van der Waals surface area contributed by atoms with Gasteiger partial charge in [-0.1, -0.05) is 0 Å². The van der Waals surface area contributed by atoms with Crippen LogP contribution >= 0.6 is 15.9 Å². The largest absolute Gasteiger partial charge is 0.383 e. The van der Waals surface area contributed by atoms with Crippen LogP contribution < -0.4 is 0 Å². The number of halogens is 2. The van der Waals surface area contributed by atoms with E-state index in [1.54, 1.807) is 0 Å². The van der Waals surface area contributed by atoms with E-state index in [0.29, 0.717) is 6.61 Å². The van der Waals surface area contributed by atoms with Gasteiger partial charge in [-0.25, -0.2) is 12.8 Å². The Morgan fingerprint density at radius 1 is 1.47 bits per heavy atom. The Hall–Kier alpha value is -0.500. The van der Waals surface area contributed by atoms with Gasteiger partial charge in [0.05, 0.1) is 11.5 Å². The first-order chi connectivity index (χ1) is 7.89. The molecule has 7 heteroatoms. The van der Waals surface area contributed by atoms with E-state index in [9.17, 15) is 12.8 Å². The van der Waals surface area contributed by atoms with Crippen molar-refractivity contribution in [3.05, 3.63) is 28.5 Å². The fourth-order valence-corrected chi connectivity index (χ4v) is 3.35. The van der Waals surface area contributed by atoms with Gasteiger partial charge in [-0.3, -0.25) is 0 Å². The van der Waals surface area contributed by atoms with Gasteiger partial charge in [-0.2, -0.15) is 4.31 Å². The molecule has 96 valence electrons. The van der Waals surface area contributed by atoms with Crippen molar-refractivity contribution in [2.45, 2.75) is 4.90 Å². The van der Waals surface area contributed by atoms with Crippen molar-refractivity contribution >= 4 is 26.0 Å². The molecule has 0 saturated carbocycles. The monoisotopic (exact) mass is 325 g/mol. The lowest BCUT2D eigenvalue weighted by Crippen LogP contribution is -2.30. The van der Waals surface area contributed by atoms with E-state index in [1.165, 1.54) is 20.2 Å². The summed E-state index contributed by atoms with van der Waals surface area (Å²) in [7, 11) is -0.676. The van der Waals surface area contributed by atoms with E-state index in [1.807, 2.05) is 0 Å². The molecule has 0 fully saturated rings. The van der Waals surface area contributed by atoms with E-state index < -0.39 is 15.8 Å². The van der Waals surface area contributed by atoms with Gasteiger partial charge < -0.3 is 4.74 Å². The highest BCUT2D eigenvalue weighted by Crippen LogP contribution is 2.25. The van der Waals surface area contributed by atoms with Crippen LogP contribution in [0.1, 0.15) is 0 Å². The van der Waals surface area contributed by atoms with Crippen molar-refractivity contribution in [3.63, 3.8) is 0 Å². The number of benzene rings is 1. The highest BCUT2D eigenvalue weighted by molar-refractivity contribution is 9.10. The van der Waals surface area contributed by atoms with Crippen LogP contribution in [-0.4, -0.2) is 40.0 Å². The molecule has 1 aromatic rings. The molecule has 0 amide bonds. The maximum atomic E-state index is 12.9. The summed E-state index contributed by atoms with van der Waals surface area (Å²) in [6.07, 6.45) is 0. The van der Waals surface area contributed by atoms with Crippen molar-refractivity contribution in [1.29, 1.82) is 0 Å². The molecule has 17 heavy (non-hydrogen) atoms. The summed E-state index contributed by atoms with van der Waals surface area (Å²) in [5.41, 5.74) is 0. The molecular weight excluding hydrogens is 313 g/mol. The fourth-order valence-electron chi connectivity index (χ4n) is 1.19. The summed E-state index contributed by atoms with van der Waals surface area (Å²) in [6.45, 7) is 0.539. The molecule has 0 aliphatic rings. The van der Waals surface area contributed by atoms with Crippen molar-refractivity contribution < 1.29 is 17.5 Å². The quantitative estimate of drug-likeness (QED) is 0.830. The number of nitrogens with zero attached hydrogens (tertiary/aromatic N) is 1. The normalized spacial score (nSPS) is 12.1.